The second-order valence-electron chi connectivity index (χ2n) is 11.6. The Morgan fingerprint density at radius 2 is 1.82 bits per heavy atom. The number of carbonyl (C=O) groups excluding carboxylic acids is 5. The first kappa shape index (κ1) is 27.4. The summed E-state index contributed by atoms with van der Waals surface area (Å²) in [5.41, 5.74) is 4.03. The number of hydrogen-bond donors (Lipinski definition) is 3. The Bertz CT molecular complexity index is 1280. The molecule has 0 radical (unpaired) electrons. The minimum Gasteiger partial charge on any atom is -0.507 e. The van der Waals surface area contributed by atoms with Crippen LogP contribution in [0.2, 0.25) is 0 Å². The number of likely N-dealkylation sites (N-methyl/N-ethyl adjacent to an activating group) is 1. The van der Waals surface area contributed by atoms with Crippen LogP contribution >= 0.6 is 0 Å². The van der Waals surface area contributed by atoms with Gasteiger partial charge in [0.05, 0.1) is 17.5 Å². The van der Waals surface area contributed by atoms with E-state index >= 15 is 0 Å². The number of phenols is 1. The standard InChI is InChI=1S/C29H35N3O7/c1-31(2)23-18-14-16-13-17-15(7-6-12-32-10-4-3-5-11-32)8-9-19(33)21(17)24(34)20(16)26(36)29(18,39)27(37)22(25(23)35)28(30)38/h6-9,16,18,20,22-23,33,39H,3-5,10-14H2,1-2H3,(H2,30,38)/b7-6+/t16-,18-,20?,22?,23-,29-/m0/s1. The zero-order valence-electron chi connectivity index (χ0n) is 22.3. The fourth-order valence-electron chi connectivity index (χ4n) is 7.26. The Morgan fingerprint density at radius 3 is 2.46 bits per heavy atom. The average Bonchev–Trinajstić information content (AvgIpc) is 2.87. The topological polar surface area (TPSA) is 158 Å². The minimum atomic E-state index is -2.71. The van der Waals surface area contributed by atoms with Crippen LogP contribution in [0.15, 0.2) is 18.2 Å². The number of amides is 1. The van der Waals surface area contributed by atoms with E-state index in [0.717, 1.165) is 25.2 Å². The van der Waals surface area contributed by atoms with Gasteiger partial charge in [-0.2, -0.15) is 0 Å². The fraction of sp³-hybridized carbons (Fsp3) is 0.552. The van der Waals surface area contributed by atoms with Crippen molar-refractivity contribution in [2.45, 2.75) is 43.7 Å². The number of ketones is 4. The lowest BCUT2D eigenvalue weighted by Gasteiger charge is -2.52. The third-order valence-electron chi connectivity index (χ3n) is 9.09. The molecule has 0 bridgehead atoms. The smallest absolute Gasteiger partial charge is 0.235 e. The average molecular weight is 538 g/mol. The zero-order valence-corrected chi connectivity index (χ0v) is 22.3. The van der Waals surface area contributed by atoms with Crippen LogP contribution in [-0.2, 0) is 25.6 Å². The van der Waals surface area contributed by atoms with E-state index < -0.39 is 64.4 Å². The molecule has 2 unspecified atom stereocenters. The van der Waals surface area contributed by atoms with Crippen molar-refractivity contribution < 1.29 is 34.2 Å². The number of nitrogens with two attached hydrogens (primary N) is 1. The molecule has 0 aromatic heterocycles. The molecule has 4 N–H and O–H groups in total. The molecular weight excluding hydrogens is 502 g/mol. The van der Waals surface area contributed by atoms with Gasteiger partial charge < -0.3 is 15.9 Å². The summed E-state index contributed by atoms with van der Waals surface area (Å²) in [6, 6.07) is 2.04. The van der Waals surface area contributed by atoms with Crippen molar-refractivity contribution in [2.24, 2.45) is 29.4 Å². The van der Waals surface area contributed by atoms with Gasteiger partial charge in [0.1, 0.15) is 5.75 Å². The summed E-state index contributed by atoms with van der Waals surface area (Å²) in [6.45, 7) is 2.83. The summed E-state index contributed by atoms with van der Waals surface area (Å²) in [5, 5.41) is 22.3. The predicted octanol–water partition coefficient (Wildman–Crippen LogP) is 0.366. The van der Waals surface area contributed by atoms with Crippen molar-refractivity contribution in [3.63, 3.8) is 0 Å². The van der Waals surface area contributed by atoms with Crippen molar-refractivity contribution >= 4 is 35.1 Å². The maximum absolute atomic E-state index is 13.9. The number of likely N-dealkylation sites (tertiary alicyclic amines) is 1. The highest BCUT2D eigenvalue weighted by Gasteiger charge is 2.69. The number of fused-ring (bicyclic) bond motifs is 3. The molecule has 1 saturated heterocycles. The second-order valence-corrected chi connectivity index (χ2v) is 11.6. The van der Waals surface area contributed by atoms with Crippen molar-refractivity contribution in [1.82, 2.24) is 9.80 Å². The summed E-state index contributed by atoms with van der Waals surface area (Å²) < 4.78 is 0. The Hall–Kier alpha value is -3.21. The third-order valence-corrected chi connectivity index (χ3v) is 9.09. The molecule has 10 nitrogen and oxygen atoms in total. The van der Waals surface area contributed by atoms with Gasteiger partial charge in [-0.15, -0.1) is 0 Å². The molecular formula is C29H35N3O7. The maximum atomic E-state index is 13.9. The van der Waals surface area contributed by atoms with Crippen LogP contribution in [0.4, 0.5) is 0 Å². The summed E-state index contributed by atoms with van der Waals surface area (Å²) in [7, 11) is 3.13. The molecule has 208 valence electrons. The molecule has 3 fully saturated rings. The number of Topliss-reactive ketones (excluding diaryl/α,β-unsaturated/α-hetero) is 4. The summed E-state index contributed by atoms with van der Waals surface area (Å²) in [5.74, 6) is -10.3. The highest BCUT2D eigenvalue weighted by molar-refractivity contribution is 6.32. The van der Waals surface area contributed by atoms with E-state index in [1.807, 2.05) is 12.2 Å². The van der Waals surface area contributed by atoms with Crippen molar-refractivity contribution in [3.05, 3.63) is 34.9 Å². The summed E-state index contributed by atoms with van der Waals surface area (Å²) >= 11 is 0. The van der Waals surface area contributed by atoms with Crippen LogP contribution in [0.3, 0.4) is 0 Å². The highest BCUT2D eigenvalue weighted by Crippen LogP contribution is 2.51. The maximum Gasteiger partial charge on any atom is 0.235 e. The van der Waals surface area contributed by atoms with Gasteiger partial charge in [0, 0.05) is 12.5 Å². The first-order chi connectivity index (χ1) is 18.5. The normalized spacial score (nSPS) is 33.3. The molecule has 5 rings (SSSR count). The minimum absolute atomic E-state index is 0.0155. The first-order valence-corrected chi connectivity index (χ1v) is 13.6. The molecule has 1 aromatic rings. The lowest BCUT2D eigenvalue weighted by Crippen LogP contribution is -2.74. The van der Waals surface area contributed by atoms with Gasteiger partial charge in [-0.3, -0.25) is 33.8 Å². The monoisotopic (exact) mass is 537 g/mol. The fourth-order valence-corrected chi connectivity index (χ4v) is 7.26. The first-order valence-electron chi connectivity index (χ1n) is 13.6. The lowest BCUT2D eigenvalue weighted by atomic mass is 9.52. The number of phenolic OH excluding ortho intramolecular Hbond substituents is 1. The molecule has 1 heterocycles. The molecule has 4 aliphatic rings. The van der Waals surface area contributed by atoms with Crippen molar-refractivity contribution in [3.8, 4) is 5.75 Å². The predicted molar refractivity (Wildman–Crippen MR) is 141 cm³/mol. The number of benzene rings is 1. The van der Waals surface area contributed by atoms with Crippen LogP contribution in [0, 0.1) is 23.7 Å². The zero-order chi connectivity index (χ0) is 28.2. The van der Waals surface area contributed by atoms with E-state index in [2.05, 4.69) is 4.90 Å². The number of nitrogens with zero attached hydrogens (tertiary/aromatic N) is 2. The van der Waals surface area contributed by atoms with Gasteiger partial charge in [0.2, 0.25) is 5.91 Å². The Kier molecular flexibility index (Phi) is 7.07. The van der Waals surface area contributed by atoms with Gasteiger partial charge >= 0.3 is 0 Å². The molecule has 39 heavy (non-hydrogen) atoms. The van der Waals surface area contributed by atoms with Gasteiger partial charge in [0.25, 0.3) is 0 Å². The number of aliphatic hydroxyl groups is 1. The molecule has 6 atom stereocenters. The van der Waals surface area contributed by atoms with Crippen LogP contribution in [0.1, 0.15) is 47.2 Å². The molecule has 1 aliphatic heterocycles. The summed E-state index contributed by atoms with van der Waals surface area (Å²) in [6.07, 6.45) is 7.82. The number of aromatic hydroxyl groups is 1. The highest BCUT2D eigenvalue weighted by atomic mass is 16.3. The number of hydrogen-bond acceptors (Lipinski definition) is 9. The van der Waals surface area contributed by atoms with Gasteiger partial charge in [-0.05, 0) is 76.0 Å². The Balaban J connectivity index is 1.52. The molecule has 1 amide bonds. The van der Waals surface area contributed by atoms with E-state index in [9.17, 15) is 34.2 Å². The SMILES string of the molecule is CN(C)[C@@H]1C(=O)C(C(N)=O)C(=O)[C@@]2(O)C(=O)C3C(=O)c4c(O)ccc(/C=C/CN5CCCCC5)c4C[C@H]3C[C@@H]12. The molecule has 0 spiro atoms. The van der Waals surface area contributed by atoms with E-state index in [-0.39, 0.29) is 24.2 Å². The van der Waals surface area contributed by atoms with E-state index in [0.29, 0.717) is 5.56 Å². The number of piperidine rings is 1. The van der Waals surface area contributed by atoms with E-state index in [1.165, 1.54) is 30.2 Å². The van der Waals surface area contributed by atoms with Gasteiger partial charge in [-0.25, -0.2) is 0 Å². The number of rotatable bonds is 5. The summed E-state index contributed by atoms with van der Waals surface area (Å²) in [4.78, 5) is 70.1. The molecule has 3 aliphatic carbocycles. The van der Waals surface area contributed by atoms with Crippen molar-refractivity contribution in [2.75, 3.05) is 33.7 Å². The second kappa shape index (κ2) is 10.1. The van der Waals surface area contributed by atoms with Crippen LogP contribution in [0.25, 0.3) is 6.08 Å². The van der Waals surface area contributed by atoms with E-state index in [1.54, 1.807) is 20.2 Å². The van der Waals surface area contributed by atoms with Crippen LogP contribution < -0.4 is 5.73 Å². The number of carbonyl (C=O) groups is 5. The quantitative estimate of drug-likeness (QED) is 0.451. The lowest BCUT2D eigenvalue weighted by molar-refractivity contribution is -0.181. The third kappa shape index (κ3) is 4.25. The molecule has 1 aromatic carbocycles. The van der Waals surface area contributed by atoms with Gasteiger partial charge in [-0.1, -0.05) is 24.6 Å². The van der Waals surface area contributed by atoms with Gasteiger partial charge in [0.15, 0.2) is 34.7 Å². The van der Waals surface area contributed by atoms with Crippen LogP contribution in [0.5, 0.6) is 5.75 Å². The number of primary amides is 1. The largest absolute Gasteiger partial charge is 0.507 e. The molecule has 2 saturated carbocycles. The Morgan fingerprint density at radius 1 is 1.13 bits per heavy atom. The van der Waals surface area contributed by atoms with E-state index in [4.69, 9.17) is 5.73 Å². The van der Waals surface area contributed by atoms with Crippen molar-refractivity contribution in [1.29, 1.82) is 0 Å². The Labute approximate surface area is 226 Å². The van der Waals surface area contributed by atoms with Crippen LogP contribution in [-0.4, -0.2) is 94.4 Å². The molecule has 10 heteroatoms.